The van der Waals surface area contributed by atoms with Crippen LogP contribution < -0.4 is 5.32 Å². The fraction of sp³-hybridized carbons (Fsp3) is 0.879. The van der Waals surface area contributed by atoms with E-state index in [0.29, 0.717) is 6.42 Å². The van der Waals surface area contributed by atoms with Crippen LogP contribution >= 0.6 is 0 Å². The predicted octanol–water partition coefficient (Wildman–Crippen LogP) is 18.5. The summed E-state index contributed by atoms with van der Waals surface area (Å²) in [6, 6.07) is -0.617. The van der Waals surface area contributed by atoms with Crippen molar-refractivity contribution in [2.75, 3.05) is 6.61 Å². The van der Waals surface area contributed by atoms with Gasteiger partial charge in [-0.2, -0.15) is 0 Å². The van der Waals surface area contributed by atoms with Gasteiger partial charge in [0.15, 0.2) is 0 Å². The number of carbonyl (C=O) groups is 1. The topological polar surface area (TPSA) is 69.6 Å². The maximum atomic E-state index is 12.4. The Morgan fingerprint density at radius 1 is 0.387 bits per heavy atom. The standard InChI is InChI=1S/C58H111NO3/c1-3-5-7-9-11-13-14-15-16-17-18-19-20-21-22-23-24-25-26-27-28-29-30-31-32-33-34-35-36-37-38-39-40-41-42-43-44-46-48-50-52-54-58(62)59-56(55-60)57(61)53-51-49-47-45-12-10-8-6-4-2/h14-15,17-18,51,53,56-57,60-61H,3-13,16,19-50,52,54-55H2,1-2H3,(H,59,62)/b15-14-,18-17-,53-51+. The van der Waals surface area contributed by atoms with Crippen LogP contribution in [0.1, 0.15) is 309 Å². The van der Waals surface area contributed by atoms with Crippen LogP contribution in [0.3, 0.4) is 0 Å². The van der Waals surface area contributed by atoms with E-state index in [1.807, 2.05) is 6.08 Å². The minimum Gasteiger partial charge on any atom is -0.394 e. The van der Waals surface area contributed by atoms with Gasteiger partial charge in [-0.3, -0.25) is 4.79 Å². The largest absolute Gasteiger partial charge is 0.394 e. The second-order valence-corrected chi connectivity index (χ2v) is 19.4. The fourth-order valence-corrected chi connectivity index (χ4v) is 8.80. The third-order valence-electron chi connectivity index (χ3n) is 13.1. The van der Waals surface area contributed by atoms with Gasteiger partial charge in [0.1, 0.15) is 0 Å². The first-order valence-electron chi connectivity index (χ1n) is 28.2. The highest BCUT2D eigenvalue weighted by Gasteiger charge is 2.18. The van der Waals surface area contributed by atoms with E-state index in [4.69, 9.17) is 0 Å². The number of carbonyl (C=O) groups excluding carboxylic acids is 1. The van der Waals surface area contributed by atoms with Crippen molar-refractivity contribution in [3.63, 3.8) is 0 Å². The summed E-state index contributed by atoms with van der Waals surface area (Å²) >= 11 is 0. The zero-order chi connectivity index (χ0) is 44.9. The predicted molar refractivity (Wildman–Crippen MR) is 276 cm³/mol. The van der Waals surface area contributed by atoms with Gasteiger partial charge in [-0.25, -0.2) is 0 Å². The summed E-state index contributed by atoms with van der Waals surface area (Å²) in [4.78, 5) is 12.4. The van der Waals surface area contributed by atoms with Crippen LogP contribution in [0.5, 0.6) is 0 Å². The van der Waals surface area contributed by atoms with E-state index in [0.717, 1.165) is 32.1 Å². The van der Waals surface area contributed by atoms with Crippen molar-refractivity contribution in [1.29, 1.82) is 0 Å². The van der Waals surface area contributed by atoms with E-state index >= 15 is 0 Å². The molecule has 0 bridgehead atoms. The van der Waals surface area contributed by atoms with E-state index in [2.05, 4.69) is 43.5 Å². The van der Waals surface area contributed by atoms with Crippen LogP contribution in [-0.4, -0.2) is 34.9 Å². The van der Waals surface area contributed by atoms with Crippen molar-refractivity contribution >= 4 is 5.91 Å². The van der Waals surface area contributed by atoms with Crippen molar-refractivity contribution < 1.29 is 15.0 Å². The molecular weight excluding hydrogens is 759 g/mol. The molecule has 0 aliphatic rings. The molecule has 0 aromatic rings. The van der Waals surface area contributed by atoms with Crippen LogP contribution in [0.15, 0.2) is 36.5 Å². The Bertz CT molecular complexity index is 943. The van der Waals surface area contributed by atoms with Crippen molar-refractivity contribution in [2.45, 2.75) is 321 Å². The molecule has 2 unspecified atom stereocenters. The zero-order valence-electron chi connectivity index (χ0n) is 42.2. The number of rotatable bonds is 52. The van der Waals surface area contributed by atoms with Crippen molar-refractivity contribution in [3.8, 4) is 0 Å². The number of aliphatic hydroxyl groups is 2. The van der Waals surface area contributed by atoms with Gasteiger partial charge in [-0.05, 0) is 51.4 Å². The molecule has 0 aliphatic carbocycles. The van der Waals surface area contributed by atoms with Gasteiger partial charge < -0.3 is 15.5 Å². The van der Waals surface area contributed by atoms with Crippen LogP contribution in [0.2, 0.25) is 0 Å². The summed E-state index contributed by atoms with van der Waals surface area (Å²) in [5.41, 5.74) is 0. The number of unbranched alkanes of at least 4 members (excludes halogenated alkanes) is 41. The molecule has 0 spiro atoms. The van der Waals surface area contributed by atoms with Gasteiger partial charge in [-0.1, -0.05) is 288 Å². The maximum Gasteiger partial charge on any atom is 0.220 e. The normalized spacial score (nSPS) is 13.0. The summed E-state index contributed by atoms with van der Waals surface area (Å²) < 4.78 is 0. The van der Waals surface area contributed by atoms with Crippen molar-refractivity contribution in [1.82, 2.24) is 5.32 Å². The molecule has 1 amide bonds. The summed E-state index contributed by atoms with van der Waals surface area (Å²) in [6.45, 7) is 4.28. The Morgan fingerprint density at radius 2 is 0.661 bits per heavy atom. The van der Waals surface area contributed by atoms with E-state index in [1.54, 1.807) is 6.08 Å². The first-order valence-corrected chi connectivity index (χ1v) is 28.2. The zero-order valence-corrected chi connectivity index (χ0v) is 42.2. The van der Waals surface area contributed by atoms with E-state index in [1.165, 1.54) is 257 Å². The lowest BCUT2D eigenvalue weighted by Gasteiger charge is -2.20. The third kappa shape index (κ3) is 49.6. The molecular formula is C58H111NO3. The number of allylic oxidation sites excluding steroid dienone is 5. The molecule has 0 rings (SSSR count). The molecule has 0 fully saturated rings. The van der Waals surface area contributed by atoms with Gasteiger partial charge >= 0.3 is 0 Å². The summed E-state index contributed by atoms with van der Waals surface area (Å²) in [5, 5.41) is 22.9. The molecule has 4 nitrogen and oxygen atoms in total. The lowest BCUT2D eigenvalue weighted by atomic mass is 10.0. The van der Waals surface area contributed by atoms with Crippen LogP contribution in [0.4, 0.5) is 0 Å². The molecule has 3 N–H and O–H groups in total. The number of hydrogen-bond donors (Lipinski definition) is 3. The van der Waals surface area contributed by atoms with Gasteiger partial charge in [-0.15, -0.1) is 0 Å². The highest BCUT2D eigenvalue weighted by molar-refractivity contribution is 5.76. The summed E-state index contributed by atoms with van der Waals surface area (Å²) in [6.07, 6.45) is 73.4. The Hall–Kier alpha value is -1.39. The lowest BCUT2D eigenvalue weighted by Crippen LogP contribution is -2.45. The lowest BCUT2D eigenvalue weighted by molar-refractivity contribution is -0.123. The number of hydrogen-bond acceptors (Lipinski definition) is 3. The molecule has 0 heterocycles. The highest BCUT2D eigenvalue weighted by atomic mass is 16.3. The van der Waals surface area contributed by atoms with E-state index in [9.17, 15) is 15.0 Å². The number of amides is 1. The second-order valence-electron chi connectivity index (χ2n) is 19.4. The second kappa shape index (κ2) is 53.9. The SMILES string of the molecule is CCCCCCC/C=C\C/C=C\CCCCCCCCCCCCCCCCCCCCCCCCCCCCCCCC(=O)NC(CO)C(O)/C=C/CCCCCCCCC. The average molecular weight is 871 g/mol. The molecule has 0 aromatic carbocycles. The average Bonchev–Trinajstić information content (AvgIpc) is 3.28. The Morgan fingerprint density at radius 3 is 0.968 bits per heavy atom. The molecule has 366 valence electrons. The first kappa shape index (κ1) is 60.6. The number of aliphatic hydroxyl groups excluding tert-OH is 2. The molecule has 0 saturated heterocycles. The number of nitrogens with one attached hydrogen (secondary N) is 1. The minimum absolute atomic E-state index is 0.0615. The van der Waals surface area contributed by atoms with Gasteiger partial charge in [0.2, 0.25) is 5.91 Å². The Balaban J connectivity index is 3.32. The minimum atomic E-state index is -0.834. The van der Waals surface area contributed by atoms with E-state index < -0.39 is 12.1 Å². The first-order chi connectivity index (χ1) is 30.7. The molecule has 0 aromatic heterocycles. The molecule has 4 heteroatoms. The van der Waals surface area contributed by atoms with E-state index in [-0.39, 0.29) is 12.5 Å². The summed E-state index contributed by atoms with van der Waals surface area (Å²) in [7, 11) is 0. The Labute approximate surface area is 389 Å². The maximum absolute atomic E-state index is 12.4. The molecule has 0 saturated carbocycles. The highest BCUT2D eigenvalue weighted by Crippen LogP contribution is 2.17. The smallest absolute Gasteiger partial charge is 0.220 e. The van der Waals surface area contributed by atoms with Gasteiger partial charge in [0.25, 0.3) is 0 Å². The van der Waals surface area contributed by atoms with Crippen molar-refractivity contribution in [3.05, 3.63) is 36.5 Å². The third-order valence-corrected chi connectivity index (χ3v) is 13.1. The quantitative estimate of drug-likeness (QED) is 0.0421. The van der Waals surface area contributed by atoms with Crippen LogP contribution in [0, 0.1) is 0 Å². The van der Waals surface area contributed by atoms with Crippen LogP contribution in [-0.2, 0) is 4.79 Å². The monoisotopic (exact) mass is 870 g/mol. The molecule has 0 aliphatic heterocycles. The molecule has 2 atom stereocenters. The van der Waals surface area contributed by atoms with Gasteiger partial charge in [0.05, 0.1) is 18.8 Å². The molecule has 62 heavy (non-hydrogen) atoms. The van der Waals surface area contributed by atoms with Crippen molar-refractivity contribution in [2.24, 2.45) is 0 Å². The fourth-order valence-electron chi connectivity index (χ4n) is 8.80. The summed E-state index contributed by atoms with van der Waals surface area (Å²) in [5.74, 6) is -0.0615. The molecule has 0 radical (unpaired) electrons. The van der Waals surface area contributed by atoms with Crippen LogP contribution in [0.25, 0.3) is 0 Å². The van der Waals surface area contributed by atoms with Gasteiger partial charge in [0, 0.05) is 6.42 Å². The Kier molecular flexibility index (Phi) is 52.7.